The molecule has 0 amide bonds. The second-order valence-electron chi connectivity index (χ2n) is 4.05. The molecular formula is C10H20N2O2. The van der Waals surface area contributed by atoms with E-state index in [1.165, 1.54) is 0 Å². The summed E-state index contributed by atoms with van der Waals surface area (Å²) < 4.78 is 0. The summed E-state index contributed by atoms with van der Waals surface area (Å²) in [6.07, 6.45) is 2.66. The fraction of sp³-hybridized carbons (Fsp3) is 0.900. The first kappa shape index (κ1) is 11.5. The van der Waals surface area contributed by atoms with Crippen LogP contribution in [0.4, 0.5) is 0 Å². The van der Waals surface area contributed by atoms with Gasteiger partial charge in [0.2, 0.25) is 0 Å². The smallest absolute Gasteiger partial charge is 0.320 e. The molecule has 1 rings (SSSR count). The summed E-state index contributed by atoms with van der Waals surface area (Å²) in [4.78, 5) is 13.0. The highest BCUT2D eigenvalue weighted by Crippen LogP contribution is 2.20. The molecule has 0 bridgehead atoms. The molecule has 1 saturated heterocycles. The molecule has 1 fully saturated rings. The Hall–Kier alpha value is -0.610. The number of nitrogens with zero attached hydrogens (tertiary/aromatic N) is 1. The van der Waals surface area contributed by atoms with Crippen molar-refractivity contribution in [3.05, 3.63) is 0 Å². The van der Waals surface area contributed by atoms with Gasteiger partial charge in [-0.3, -0.25) is 9.69 Å². The Morgan fingerprint density at radius 3 is 2.86 bits per heavy atom. The van der Waals surface area contributed by atoms with Crippen molar-refractivity contribution in [3.63, 3.8) is 0 Å². The van der Waals surface area contributed by atoms with Gasteiger partial charge >= 0.3 is 5.97 Å². The number of aliphatic carboxylic acids is 1. The van der Waals surface area contributed by atoms with Crippen LogP contribution in [0.3, 0.4) is 0 Å². The van der Waals surface area contributed by atoms with E-state index in [0.29, 0.717) is 6.42 Å². The summed E-state index contributed by atoms with van der Waals surface area (Å²) >= 11 is 0. The van der Waals surface area contributed by atoms with E-state index in [-0.39, 0.29) is 18.1 Å². The Bertz CT molecular complexity index is 208. The Morgan fingerprint density at radius 1 is 1.71 bits per heavy atom. The number of carboxylic acid groups (broad SMARTS) is 1. The normalized spacial score (nSPS) is 31.4. The zero-order valence-electron chi connectivity index (χ0n) is 8.94. The topological polar surface area (TPSA) is 66.6 Å². The molecule has 1 heterocycles. The third-order valence-electron chi connectivity index (χ3n) is 3.17. The van der Waals surface area contributed by atoms with Crippen molar-refractivity contribution in [1.82, 2.24) is 4.90 Å². The van der Waals surface area contributed by atoms with E-state index >= 15 is 0 Å². The average Bonchev–Trinajstić information content (AvgIpc) is 2.13. The summed E-state index contributed by atoms with van der Waals surface area (Å²) in [6, 6.07) is -0.0571. The zero-order valence-corrected chi connectivity index (χ0v) is 8.94. The molecular weight excluding hydrogens is 180 g/mol. The van der Waals surface area contributed by atoms with Crippen LogP contribution in [0.15, 0.2) is 0 Å². The van der Waals surface area contributed by atoms with E-state index in [0.717, 1.165) is 19.4 Å². The first-order valence-corrected chi connectivity index (χ1v) is 5.32. The predicted molar refractivity (Wildman–Crippen MR) is 55.1 cm³/mol. The molecule has 0 spiro atoms. The van der Waals surface area contributed by atoms with Crippen molar-refractivity contribution in [2.45, 2.75) is 51.2 Å². The van der Waals surface area contributed by atoms with Gasteiger partial charge in [-0.25, -0.2) is 0 Å². The van der Waals surface area contributed by atoms with Crippen molar-refractivity contribution in [3.8, 4) is 0 Å². The van der Waals surface area contributed by atoms with Crippen molar-refractivity contribution < 1.29 is 9.90 Å². The van der Waals surface area contributed by atoms with Crippen molar-refractivity contribution >= 4 is 5.97 Å². The fourth-order valence-electron chi connectivity index (χ4n) is 2.19. The number of carbonyl (C=O) groups is 1. The Morgan fingerprint density at radius 2 is 2.36 bits per heavy atom. The molecule has 4 heteroatoms. The molecule has 3 N–H and O–H groups in total. The first-order valence-electron chi connectivity index (χ1n) is 5.32. The van der Waals surface area contributed by atoms with E-state index in [2.05, 4.69) is 0 Å². The van der Waals surface area contributed by atoms with Crippen LogP contribution in [0.1, 0.15) is 33.1 Å². The van der Waals surface area contributed by atoms with E-state index in [1.54, 1.807) is 0 Å². The molecule has 4 nitrogen and oxygen atoms in total. The lowest BCUT2D eigenvalue weighted by atomic mass is 9.96. The molecule has 3 atom stereocenters. The van der Waals surface area contributed by atoms with Crippen molar-refractivity contribution in [2.24, 2.45) is 5.73 Å². The van der Waals surface area contributed by atoms with Gasteiger partial charge < -0.3 is 10.8 Å². The summed E-state index contributed by atoms with van der Waals surface area (Å²) in [5, 5.41) is 9.05. The number of rotatable bonds is 3. The maximum absolute atomic E-state index is 11.0. The van der Waals surface area contributed by atoms with Crippen LogP contribution in [0.5, 0.6) is 0 Å². The van der Waals surface area contributed by atoms with E-state index in [1.807, 2.05) is 18.7 Å². The highest BCUT2D eigenvalue weighted by Gasteiger charge is 2.33. The van der Waals surface area contributed by atoms with Crippen LogP contribution >= 0.6 is 0 Å². The summed E-state index contributed by atoms with van der Waals surface area (Å²) in [6.45, 7) is 4.79. The van der Waals surface area contributed by atoms with E-state index in [4.69, 9.17) is 10.8 Å². The minimum Gasteiger partial charge on any atom is -0.480 e. The Kier molecular flexibility index (Phi) is 3.89. The quantitative estimate of drug-likeness (QED) is 0.702. The van der Waals surface area contributed by atoms with E-state index < -0.39 is 5.97 Å². The predicted octanol–water partition coefficient (Wildman–Crippen LogP) is 0.661. The van der Waals surface area contributed by atoms with Crippen molar-refractivity contribution in [2.75, 3.05) is 6.54 Å². The Labute approximate surface area is 85.1 Å². The van der Waals surface area contributed by atoms with Gasteiger partial charge in [-0.15, -0.1) is 0 Å². The lowest BCUT2D eigenvalue weighted by Crippen LogP contribution is -2.56. The molecule has 0 aromatic rings. The molecule has 1 aliphatic rings. The highest BCUT2D eigenvalue weighted by atomic mass is 16.4. The summed E-state index contributed by atoms with van der Waals surface area (Å²) in [5.41, 5.74) is 5.93. The maximum atomic E-state index is 11.0. The second-order valence-corrected chi connectivity index (χ2v) is 4.05. The number of carboxylic acids is 1. The molecule has 0 aromatic heterocycles. The lowest BCUT2D eigenvalue weighted by molar-refractivity contribution is -0.145. The SMILES string of the molecule is CCC(C(=O)O)N1CCCC(N)C1C. The molecule has 0 radical (unpaired) electrons. The molecule has 0 aliphatic carbocycles. The second kappa shape index (κ2) is 4.75. The van der Waals surface area contributed by atoms with Crippen LogP contribution in [-0.4, -0.2) is 40.6 Å². The number of piperidine rings is 1. The van der Waals surface area contributed by atoms with Gasteiger partial charge in [0.1, 0.15) is 6.04 Å². The van der Waals surface area contributed by atoms with Gasteiger partial charge in [0, 0.05) is 12.1 Å². The zero-order chi connectivity index (χ0) is 10.7. The van der Waals surface area contributed by atoms with Crippen molar-refractivity contribution in [1.29, 1.82) is 0 Å². The van der Waals surface area contributed by atoms with Gasteiger partial charge in [0.15, 0.2) is 0 Å². The highest BCUT2D eigenvalue weighted by molar-refractivity contribution is 5.73. The third kappa shape index (κ3) is 2.25. The van der Waals surface area contributed by atoms with Gasteiger partial charge in [0.05, 0.1) is 0 Å². The average molecular weight is 200 g/mol. The summed E-state index contributed by atoms with van der Waals surface area (Å²) in [5.74, 6) is -0.728. The van der Waals surface area contributed by atoms with Crippen LogP contribution < -0.4 is 5.73 Å². The number of likely N-dealkylation sites (tertiary alicyclic amines) is 1. The van der Waals surface area contributed by atoms with Gasteiger partial charge in [-0.2, -0.15) is 0 Å². The third-order valence-corrected chi connectivity index (χ3v) is 3.17. The first-order chi connectivity index (χ1) is 6.57. The monoisotopic (exact) mass is 200 g/mol. The molecule has 1 aliphatic heterocycles. The van der Waals surface area contributed by atoms with E-state index in [9.17, 15) is 4.79 Å². The van der Waals surface area contributed by atoms with Gasteiger partial charge in [0.25, 0.3) is 0 Å². The lowest BCUT2D eigenvalue weighted by Gasteiger charge is -2.40. The summed E-state index contributed by atoms with van der Waals surface area (Å²) in [7, 11) is 0. The molecule has 3 unspecified atom stereocenters. The number of hydrogen-bond acceptors (Lipinski definition) is 3. The van der Waals surface area contributed by atoms with Crippen LogP contribution in [0.25, 0.3) is 0 Å². The standard InChI is InChI=1S/C10H20N2O2/c1-3-9(10(13)14)12-6-4-5-8(11)7(12)2/h7-9H,3-6,11H2,1-2H3,(H,13,14). The van der Waals surface area contributed by atoms with Crippen LogP contribution in [0.2, 0.25) is 0 Å². The molecule has 0 saturated carbocycles. The van der Waals surface area contributed by atoms with Gasteiger partial charge in [-0.1, -0.05) is 6.92 Å². The van der Waals surface area contributed by atoms with Gasteiger partial charge in [-0.05, 0) is 32.7 Å². The maximum Gasteiger partial charge on any atom is 0.320 e. The van der Waals surface area contributed by atoms with Crippen LogP contribution in [0, 0.1) is 0 Å². The Balaban J connectivity index is 2.68. The van der Waals surface area contributed by atoms with Crippen LogP contribution in [-0.2, 0) is 4.79 Å². The molecule has 0 aromatic carbocycles. The largest absolute Gasteiger partial charge is 0.480 e. The molecule has 82 valence electrons. The minimum absolute atomic E-state index is 0.122. The number of hydrogen-bond donors (Lipinski definition) is 2. The minimum atomic E-state index is -0.728. The molecule has 14 heavy (non-hydrogen) atoms. The number of nitrogens with two attached hydrogens (primary N) is 1. The fourth-order valence-corrected chi connectivity index (χ4v) is 2.19.